The molecule has 0 spiro atoms. The maximum absolute atomic E-state index is 12.8. The lowest BCUT2D eigenvalue weighted by Crippen LogP contribution is -2.35. The van der Waals surface area contributed by atoms with Crippen LogP contribution in [0.3, 0.4) is 0 Å². The van der Waals surface area contributed by atoms with Gasteiger partial charge in [-0.1, -0.05) is 0 Å². The number of rotatable bonds is 6. The summed E-state index contributed by atoms with van der Waals surface area (Å²) in [5.41, 5.74) is -0.0294. The Labute approximate surface area is 132 Å². The predicted molar refractivity (Wildman–Crippen MR) is 80.7 cm³/mol. The van der Waals surface area contributed by atoms with Gasteiger partial charge < -0.3 is 5.11 Å². The van der Waals surface area contributed by atoms with Crippen molar-refractivity contribution < 1.29 is 18.3 Å². The molecule has 21 heavy (non-hydrogen) atoms. The summed E-state index contributed by atoms with van der Waals surface area (Å²) < 4.78 is 27.5. The van der Waals surface area contributed by atoms with Gasteiger partial charge in [0.1, 0.15) is 0 Å². The third kappa shape index (κ3) is 3.14. The number of halogens is 1. The minimum absolute atomic E-state index is 0.0294. The first-order valence-electron chi connectivity index (χ1n) is 6.94. The van der Waals surface area contributed by atoms with E-state index in [0.29, 0.717) is 16.9 Å². The molecule has 2 aliphatic carbocycles. The van der Waals surface area contributed by atoms with Gasteiger partial charge in [-0.15, -0.1) is 0 Å². The fourth-order valence-corrected chi connectivity index (χ4v) is 4.53. The number of carboxylic acid groups (broad SMARTS) is 1. The fraction of sp³-hybridized carbons (Fsp3) is 0.500. The SMILES string of the molecule is O=C(O)c1cc(S(=O)(=O)N(CC2CC2)C2CC2)ccc1Br. The van der Waals surface area contributed by atoms with Crippen LogP contribution >= 0.6 is 15.9 Å². The fourth-order valence-electron chi connectivity index (χ4n) is 2.33. The number of nitrogens with zero attached hydrogens (tertiary/aromatic N) is 1. The molecule has 0 atom stereocenters. The molecule has 1 N–H and O–H groups in total. The predicted octanol–water partition coefficient (Wildman–Crippen LogP) is 2.71. The second kappa shape index (κ2) is 5.37. The molecular weight excluding hydrogens is 358 g/mol. The molecule has 3 rings (SSSR count). The molecule has 2 aliphatic rings. The molecule has 114 valence electrons. The van der Waals surface area contributed by atoms with Gasteiger partial charge in [-0.05, 0) is 65.7 Å². The number of hydrogen-bond acceptors (Lipinski definition) is 3. The molecule has 0 unspecified atom stereocenters. The van der Waals surface area contributed by atoms with E-state index in [4.69, 9.17) is 5.11 Å². The summed E-state index contributed by atoms with van der Waals surface area (Å²) in [7, 11) is -3.62. The highest BCUT2D eigenvalue weighted by atomic mass is 79.9. The second-order valence-corrected chi connectivity index (χ2v) is 8.44. The number of aromatic carboxylic acids is 1. The molecule has 0 amide bonds. The van der Waals surface area contributed by atoms with E-state index in [2.05, 4.69) is 15.9 Å². The first-order chi connectivity index (χ1) is 9.89. The molecule has 5 nitrogen and oxygen atoms in total. The van der Waals surface area contributed by atoms with Crippen molar-refractivity contribution >= 4 is 31.9 Å². The van der Waals surface area contributed by atoms with Crippen molar-refractivity contribution in [3.63, 3.8) is 0 Å². The van der Waals surface area contributed by atoms with E-state index in [1.807, 2.05) is 0 Å². The first kappa shape index (κ1) is 15.0. The Morgan fingerprint density at radius 3 is 2.48 bits per heavy atom. The number of hydrogen-bond donors (Lipinski definition) is 1. The van der Waals surface area contributed by atoms with E-state index in [0.717, 1.165) is 25.7 Å². The Morgan fingerprint density at radius 1 is 1.29 bits per heavy atom. The van der Waals surface area contributed by atoms with Crippen molar-refractivity contribution in [1.82, 2.24) is 4.31 Å². The van der Waals surface area contributed by atoms with Crippen LogP contribution in [0, 0.1) is 5.92 Å². The summed E-state index contributed by atoms with van der Waals surface area (Å²) >= 11 is 3.14. The maximum atomic E-state index is 12.8. The minimum atomic E-state index is -3.62. The Bertz CT molecular complexity index is 680. The van der Waals surface area contributed by atoms with Gasteiger partial charge in [0, 0.05) is 17.1 Å². The third-order valence-electron chi connectivity index (χ3n) is 3.86. The van der Waals surface area contributed by atoms with E-state index in [1.165, 1.54) is 18.2 Å². The highest BCUT2D eigenvalue weighted by Gasteiger charge is 2.41. The molecule has 2 saturated carbocycles. The zero-order valence-corrected chi connectivity index (χ0v) is 13.7. The summed E-state index contributed by atoms with van der Waals surface area (Å²) in [5, 5.41) is 9.13. The van der Waals surface area contributed by atoms with Crippen LogP contribution in [-0.2, 0) is 10.0 Å². The van der Waals surface area contributed by atoms with Crippen molar-refractivity contribution in [2.75, 3.05) is 6.54 Å². The lowest BCUT2D eigenvalue weighted by atomic mass is 10.2. The van der Waals surface area contributed by atoms with Gasteiger partial charge in [0.15, 0.2) is 0 Å². The normalized spacial score (nSPS) is 19.0. The lowest BCUT2D eigenvalue weighted by molar-refractivity contribution is 0.0695. The monoisotopic (exact) mass is 373 g/mol. The summed E-state index contributed by atoms with van der Waals surface area (Å²) in [6.45, 7) is 0.561. The highest BCUT2D eigenvalue weighted by Crippen LogP contribution is 2.38. The molecular formula is C14H16BrNO4S. The zero-order chi connectivity index (χ0) is 15.2. The van der Waals surface area contributed by atoms with Crippen LogP contribution in [0.15, 0.2) is 27.6 Å². The van der Waals surface area contributed by atoms with Crippen LogP contribution in [0.4, 0.5) is 0 Å². The first-order valence-corrected chi connectivity index (χ1v) is 9.17. The van der Waals surface area contributed by atoms with E-state index in [9.17, 15) is 13.2 Å². The molecule has 7 heteroatoms. The minimum Gasteiger partial charge on any atom is -0.478 e. The van der Waals surface area contributed by atoms with Gasteiger partial charge in [-0.25, -0.2) is 13.2 Å². The summed E-state index contributed by atoms with van der Waals surface area (Å²) in [4.78, 5) is 11.2. The van der Waals surface area contributed by atoms with E-state index in [-0.39, 0.29) is 16.5 Å². The van der Waals surface area contributed by atoms with Gasteiger partial charge in [0.2, 0.25) is 10.0 Å². The average Bonchev–Trinajstić information content (AvgIpc) is 3.28. The van der Waals surface area contributed by atoms with E-state index in [1.54, 1.807) is 4.31 Å². The molecule has 1 aromatic rings. The maximum Gasteiger partial charge on any atom is 0.336 e. The quantitative estimate of drug-likeness (QED) is 0.831. The number of sulfonamides is 1. The topological polar surface area (TPSA) is 74.7 Å². The van der Waals surface area contributed by atoms with Gasteiger partial charge in [0.05, 0.1) is 10.5 Å². The second-order valence-electron chi connectivity index (χ2n) is 5.70. The largest absolute Gasteiger partial charge is 0.478 e. The lowest BCUT2D eigenvalue weighted by Gasteiger charge is -2.22. The summed E-state index contributed by atoms with van der Waals surface area (Å²) in [6, 6.07) is 4.28. The van der Waals surface area contributed by atoms with Crippen molar-refractivity contribution in [3.05, 3.63) is 28.2 Å². The van der Waals surface area contributed by atoms with Gasteiger partial charge in [0.25, 0.3) is 0 Å². The third-order valence-corrected chi connectivity index (χ3v) is 6.47. The van der Waals surface area contributed by atoms with Gasteiger partial charge in [-0.2, -0.15) is 4.31 Å². The molecule has 0 heterocycles. The number of benzene rings is 1. The van der Waals surface area contributed by atoms with Crippen molar-refractivity contribution in [1.29, 1.82) is 0 Å². The molecule has 0 aromatic heterocycles. The Kier molecular flexibility index (Phi) is 3.83. The molecule has 0 aliphatic heterocycles. The van der Waals surface area contributed by atoms with Gasteiger partial charge in [-0.3, -0.25) is 0 Å². The highest BCUT2D eigenvalue weighted by molar-refractivity contribution is 9.10. The Morgan fingerprint density at radius 2 is 1.95 bits per heavy atom. The van der Waals surface area contributed by atoms with Crippen LogP contribution in [0.1, 0.15) is 36.0 Å². The molecule has 0 radical (unpaired) electrons. The average molecular weight is 374 g/mol. The van der Waals surface area contributed by atoms with Crippen molar-refractivity contribution in [2.24, 2.45) is 5.92 Å². The van der Waals surface area contributed by atoms with Crippen LogP contribution in [0.25, 0.3) is 0 Å². The van der Waals surface area contributed by atoms with Gasteiger partial charge >= 0.3 is 5.97 Å². The van der Waals surface area contributed by atoms with Crippen LogP contribution in [-0.4, -0.2) is 36.4 Å². The Balaban J connectivity index is 1.96. The summed E-state index contributed by atoms with van der Waals surface area (Å²) in [6.07, 6.45) is 3.96. The molecule has 0 saturated heterocycles. The van der Waals surface area contributed by atoms with Crippen molar-refractivity contribution in [3.8, 4) is 0 Å². The van der Waals surface area contributed by atoms with E-state index < -0.39 is 16.0 Å². The number of carboxylic acids is 1. The van der Waals surface area contributed by atoms with Crippen LogP contribution in [0.2, 0.25) is 0 Å². The molecule has 1 aromatic carbocycles. The molecule has 2 fully saturated rings. The summed E-state index contributed by atoms with van der Waals surface area (Å²) in [5.74, 6) is -0.672. The standard InChI is InChI=1S/C14H16BrNO4S/c15-13-6-5-11(7-12(13)14(17)18)21(19,20)16(10-3-4-10)8-9-1-2-9/h5-7,9-10H,1-4,8H2,(H,17,18). The smallest absolute Gasteiger partial charge is 0.336 e. The van der Waals surface area contributed by atoms with Crippen LogP contribution in [0.5, 0.6) is 0 Å². The Hall–Kier alpha value is -0.920. The molecule has 0 bridgehead atoms. The van der Waals surface area contributed by atoms with E-state index >= 15 is 0 Å². The zero-order valence-electron chi connectivity index (χ0n) is 11.3. The number of carbonyl (C=O) groups is 1. The van der Waals surface area contributed by atoms with Crippen LogP contribution < -0.4 is 0 Å². The van der Waals surface area contributed by atoms with Crippen molar-refractivity contribution in [2.45, 2.75) is 36.6 Å².